The van der Waals surface area contributed by atoms with E-state index in [0.29, 0.717) is 11.1 Å². The Kier molecular flexibility index (Phi) is 5.01. The van der Waals surface area contributed by atoms with Gasteiger partial charge in [-0.2, -0.15) is 0 Å². The Morgan fingerprint density at radius 2 is 2.12 bits per heavy atom. The molecule has 7 heteroatoms. The summed E-state index contributed by atoms with van der Waals surface area (Å²) in [6.07, 6.45) is 3.16. The Bertz CT molecular complexity index is 838. The van der Waals surface area contributed by atoms with Crippen molar-refractivity contribution in [3.63, 3.8) is 0 Å². The van der Waals surface area contributed by atoms with Gasteiger partial charge in [0.05, 0.1) is 11.1 Å². The van der Waals surface area contributed by atoms with Gasteiger partial charge in [0.2, 0.25) is 5.91 Å². The van der Waals surface area contributed by atoms with Crippen LogP contribution in [0.3, 0.4) is 0 Å². The molecule has 0 bridgehead atoms. The van der Waals surface area contributed by atoms with Crippen molar-refractivity contribution in [2.24, 2.45) is 13.0 Å². The zero-order chi connectivity index (χ0) is 17.4. The molecule has 0 fully saturated rings. The van der Waals surface area contributed by atoms with Crippen LogP contribution in [-0.4, -0.2) is 27.3 Å². The number of aromatic nitrogens is 2. The van der Waals surface area contributed by atoms with Crippen molar-refractivity contribution in [2.45, 2.75) is 51.2 Å². The third kappa shape index (κ3) is 3.24. The molecular formula is C17H23N3O2S2. The van der Waals surface area contributed by atoms with Gasteiger partial charge < -0.3 is 5.32 Å². The van der Waals surface area contributed by atoms with Gasteiger partial charge in [-0.3, -0.25) is 14.2 Å². The van der Waals surface area contributed by atoms with E-state index in [0.717, 1.165) is 29.5 Å². The first-order chi connectivity index (χ1) is 11.4. The highest BCUT2D eigenvalue weighted by Gasteiger charge is 2.22. The monoisotopic (exact) mass is 365 g/mol. The highest BCUT2D eigenvalue weighted by atomic mass is 32.2. The number of carbonyl (C=O) groups is 1. The predicted molar refractivity (Wildman–Crippen MR) is 100 cm³/mol. The molecule has 1 unspecified atom stereocenters. The Morgan fingerprint density at radius 1 is 1.38 bits per heavy atom. The van der Waals surface area contributed by atoms with Crippen molar-refractivity contribution in [2.75, 3.05) is 5.75 Å². The van der Waals surface area contributed by atoms with E-state index in [1.165, 1.54) is 22.2 Å². The second-order valence-corrected chi connectivity index (χ2v) is 8.71. The average Bonchev–Trinajstić information content (AvgIpc) is 3.09. The Hall–Kier alpha value is -1.34. The fraction of sp³-hybridized carbons (Fsp3) is 0.588. The van der Waals surface area contributed by atoms with Gasteiger partial charge in [0.15, 0.2) is 5.16 Å². The summed E-state index contributed by atoms with van der Waals surface area (Å²) in [6, 6.07) is 0.137. The first-order valence-electron chi connectivity index (χ1n) is 8.32. The van der Waals surface area contributed by atoms with Gasteiger partial charge in [0, 0.05) is 18.0 Å². The lowest BCUT2D eigenvalue weighted by atomic mass is 10.1. The van der Waals surface area contributed by atoms with Crippen molar-refractivity contribution in [3.8, 4) is 0 Å². The summed E-state index contributed by atoms with van der Waals surface area (Å²) < 4.78 is 1.58. The lowest BCUT2D eigenvalue weighted by Crippen LogP contribution is -2.37. The number of amides is 1. The topological polar surface area (TPSA) is 64.0 Å². The molecule has 0 aliphatic heterocycles. The van der Waals surface area contributed by atoms with Gasteiger partial charge in [-0.1, -0.05) is 25.6 Å². The number of thiophene rings is 1. The molecule has 24 heavy (non-hydrogen) atoms. The van der Waals surface area contributed by atoms with E-state index < -0.39 is 0 Å². The van der Waals surface area contributed by atoms with Gasteiger partial charge in [0.25, 0.3) is 5.56 Å². The minimum Gasteiger partial charge on any atom is -0.353 e. The van der Waals surface area contributed by atoms with E-state index in [1.54, 1.807) is 23.0 Å². The molecule has 5 nitrogen and oxygen atoms in total. The number of thioether (sulfide) groups is 1. The molecule has 2 heterocycles. The molecule has 0 saturated carbocycles. The maximum atomic E-state index is 12.7. The quantitative estimate of drug-likeness (QED) is 0.654. The summed E-state index contributed by atoms with van der Waals surface area (Å²) in [5.74, 6) is 0.643. The molecule has 2 aromatic rings. The summed E-state index contributed by atoms with van der Waals surface area (Å²) >= 11 is 2.96. The van der Waals surface area contributed by atoms with Crippen LogP contribution in [0.5, 0.6) is 0 Å². The smallest absolute Gasteiger partial charge is 0.262 e. The number of aryl methyl sites for hydroxylation is 2. The molecule has 2 aromatic heterocycles. The number of nitrogens with zero attached hydrogens (tertiary/aromatic N) is 2. The summed E-state index contributed by atoms with van der Waals surface area (Å²) in [7, 11) is 1.74. The zero-order valence-electron chi connectivity index (χ0n) is 14.5. The van der Waals surface area contributed by atoms with Gasteiger partial charge in [-0.25, -0.2) is 4.98 Å². The number of hydrogen-bond donors (Lipinski definition) is 1. The maximum Gasteiger partial charge on any atom is 0.262 e. The normalized spacial score (nSPS) is 15.0. The van der Waals surface area contributed by atoms with Gasteiger partial charge in [-0.05, 0) is 37.7 Å². The Labute approximate surface area is 149 Å². The van der Waals surface area contributed by atoms with Crippen LogP contribution in [0.25, 0.3) is 10.2 Å². The molecule has 0 aromatic carbocycles. The summed E-state index contributed by atoms with van der Waals surface area (Å²) in [5.41, 5.74) is 1.21. The molecule has 0 spiro atoms. The van der Waals surface area contributed by atoms with Crippen molar-refractivity contribution in [1.29, 1.82) is 0 Å². The average molecular weight is 366 g/mol. The van der Waals surface area contributed by atoms with Crippen molar-refractivity contribution < 1.29 is 4.79 Å². The first kappa shape index (κ1) is 17.5. The fourth-order valence-electron chi connectivity index (χ4n) is 2.83. The molecule has 1 N–H and O–H groups in total. The van der Waals surface area contributed by atoms with E-state index in [9.17, 15) is 9.59 Å². The van der Waals surface area contributed by atoms with Crippen LogP contribution in [0, 0.1) is 5.92 Å². The summed E-state index contributed by atoms with van der Waals surface area (Å²) in [6.45, 7) is 6.15. The fourth-order valence-corrected chi connectivity index (χ4v) is 4.91. The number of rotatable bonds is 5. The predicted octanol–water partition coefficient (Wildman–Crippen LogP) is 2.74. The number of carbonyl (C=O) groups excluding carboxylic acids is 1. The molecule has 1 aliphatic rings. The second kappa shape index (κ2) is 6.88. The van der Waals surface area contributed by atoms with E-state index >= 15 is 0 Å². The van der Waals surface area contributed by atoms with Crippen LogP contribution < -0.4 is 10.9 Å². The molecule has 0 radical (unpaired) electrons. The van der Waals surface area contributed by atoms with E-state index in [1.807, 2.05) is 6.92 Å². The van der Waals surface area contributed by atoms with Crippen molar-refractivity contribution >= 4 is 39.2 Å². The number of nitrogens with one attached hydrogen (secondary N) is 1. The van der Waals surface area contributed by atoms with Crippen LogP contribution in [0.2, 0.25) is 0 Å². The third-order valence-electron chi connectivity index (χ3n) is 4.63. The van der Waals surface area contributed by atoms with Gasteiger partial charge in [-0.15, -0.1) is 11.3 Å². The SMILES string of the molecule is CC(C)C(C)NC(=O)CSc1nc2sc3c(c2c(=O)n1C)CCC3. The maximum absolute atomic E-state index is 12.7. The highest BCUT2D eigenvalue weighted by molar-refractivity contribution is 7.99. The number of hydrogen-bond acceptors (Lipinski definition) is 5. The Morgan fingerprint density at radius 3 is 2.83 bits per heavy atom. The largest absolute Gasteiger partial charge is 0.353 e. The van der Waals surface area contributed by atoms with Crippen LogP contribution in [-0.2, 0) is 24.7 Å². The van der Waals surface area contributed by atoms with Gasteiger partial charge >= 0.3 is 0 Å². The lowest BCUT2D eigenvalue weighted by molar-refractivity contribution is -0.119. The minimum absolute atomic E-state index is 0.0119. The molecule has 1 amide bonds. The summed E-state index contributed by atoms with van der Waals surface area (Å²) in [4.78, 5) is 31.5. The van der Waals surface area contributed by atoms with E-state index in [4.69, 9.17) is 0 Å². The zero-order valence-corrected chi connectivity index (χ0v) is 16.1. The molecule has 130 valence electrons. The molecule has 3 rings (SSSR count). The number of fused-ring (bicyclic) bond motifs is 3. The van der Waals surface area contributed by atoms with E-state index in [2.05, 4.69) is 24.1 Å². The van der Waals surface area contributed by atoms with E-state index in [-0.39, 0.29) is 23.3 Å². The van der Waals surface area contributed by atoms with Crippen LogP contribution >= 0.6 is 23.1 Å². The molecule has 1 aliphatic carbocycles. The first-order valence-corrected chi connectivity index (χ1v) is 10.1. The minimum atomic E-state index is -0.0239. The third-order valence-corrected chi connectivity index (χ3v) is 6.84. The van der Waals surface area contributed by atoms with Gasteiger partial charge in [0.1, 0.15) is 4.83 Å². The van der Waals surface area contributed by atoms with Crippen LogP contribution in [0.1, 0.15) is 37.6 Å². The van der Waals surface area contributed by atoms with Crippen LogP contribution in [0.4, 0.5) is 0 Å². The van der Waals surface area contributed by atoms with Crippen molar-refractivity contribution in [3.05, 3.63) is 20.8 Å². The second-order valence-electron chi connectivity index (χ2n) is 6.68. The highest BCUT2D eigenvalue weighted by Crippen LogP contribution is 2.35. The van der Waals surface area contributed by atoms with Crippen LogP contribution in [0.15, 0.2) is 9.95 Å². The lowest BCUT2D eigenvalue weighted by Gasteiger charge is -2.17. The molecular weight excluding hydrogens is 342 g/mol. The standard InChI is InChI=1S/C17H23N3O2S2/c1-9(2)10(3)18-13(21)8-23-17-19-15-14(16(22)20(17)4)11-6-5-7-12(11)24-15/h9-10H,5-8H2,1-4H3,(H,18,21). The summed E-state index contributed by atoms with van der Waals surface area (Å²) in [5, 5.41) is 4.38. The molecule has 0 saturated heterocycles. The Balaban J connectivity index is 1.80. The molecule has 1 atom stereocenters. The van der Waals surface area contributed by atoms with Crippen molar-refractivity contribution in [1.82, 2.24) is 14.9 Å².